The predicted molar refractivity (Wildman–Crippen MR) is 179 cm³/mol. The van der Waals surface area contributed by atoms with E-state index >= 15 is 0 Å². The maximum Gasteiger partial charge on any atom is 0.264 e. The van der Waals surface area contributed by atoms with Crippen molar-refractivity contribution in [2.24, 2.45) is 0 Å². The largest absolute Gasteiger partial charge is 0.497 e. The number of hydrogen-bond donors (Lipinski definition) is 1. The molecule has 242 valence electrons. The first kappa shape index (κ1) is 34.1. The van der Waals surface area contributed by atoms with Crippen molar-refractivity contribution in [3.8, 4) is 11.5 Å². The van der Waals surface area contributed by atoms with Gasteiger partial charge in [-0.2, -0.15) is 0 Å². The van der Waals surface area contributed by atoms with Gasteiger partial charge in [-0.3, -0.25) is 13.9 Å². The normalized spacial score (nSPS) is 11.7. The highest BCUT2D eigenvalue weighted by Crippen LogP contribution is 2.36. The summed E-state index contributed by atoms with van der Waals surface area (Å²) < 4.78 is 40.6. The minimum absolute atomic E-state index is 0.000526. The van der Waals surface area contributed by atoms with Crippen LogP contribution in [0.2, 0.25) is 0 Å². The molecule has 0 bridgehead atoms. The Morgan fingerprint density at radius 3 is 2.13 bits per heavy atom. The number of amides is 2. The maximum absolute atomic E-state index is 14.6. The summed E-state index contributed by atoms with van der Waals surface area (Å²) in [6, 6.07) is 28.9. The van der Waals surface area contributed by atoms with Crippen molar-refractivity contribution in [2.45, 2.75) is 44.2 Å². The molecule has 0 aromatic heterocycles. The number of rotatable bonds is 15. The van der Waals surface area contributed by atoms with Gasteiger partial charge in [0.25, 0.3) is 10.0 Å². The Kier molecular flexibility index (Phi) is 11.8. The Bertz CT molecular complexity index is 1710. The lowest BCUT2D eigenvalue weighted by Crippen LogP contribution is -2.53. The van der Waals surface area contributed by atoms with E-state index in [4.69, 9.17) is 9.47 Å². The van der Waals surface area contributed by atoms with Gasteiger partial charge in [-0.05, 0) is 48.7 Å². The standard InChI is InChI=1S/C36H41N3O6S/c1-5-21-37-36(41)33(23-28-14-8-6-9-15-28)38(25-29-16-12-13-27(2)22-29)35(40)26-39(46(42,43)31-17-10-7-11-18-31)32-24-30(44-3)19-20-34(32)45-4/h6-20,22,24,33H,5,21,23,25-26H2,1-4H3,(H,37,41). The molecule has 0 saturated carbocycles. The van der Waals surface area contributed by atoms with Crippen LogP contribution in [0.3, 0.4) is 0 Å². The van der Waals surface area contributed by atoms with E-state index in [1.807, 2.05) is 68.4 Å². The number of anilines is 1. The van der Waals surface area contributed by atoms with Crippen LogP contribution in [-0.2, 0) is 32.6 Å². The molecule has 0 saturated heterocycles. The summed E-state index contributed by atoms with van der Waals surface area (Å²) in [7, 11) is -1.39. The van der Waals surface area contributed by atoms with Crippen LogP contribution in [-0.4, -0.2) is 58.5 Å². The van der Waals surface area contributed by atoms with E-state index in [9.17, 15) is 18.0 Å². The summed E-state index contributed by atoms with van der Waals surface area (Å²) >= 11 is 0. The average Bonchev–Trinajstić information content (AvgIpc) is 3.08. The molecular weight excluding hydrogens is 602 g/mol. The summed E-state index contributed by atoms with van der Waals surface area (Å²) in [6.07, 6.45) is 0.955. The molecule has 0 radical (unpaired) electrons. The summed E-state index contributed by atoms with van der Waals surface area (Å²) in [5.74, 6) is -0.254. The first-order valence-electron chi connectivity index (χ1n) is 15.1. The second-order valence-electron chi connectivity index (χ2n) is 10.9. The Morgan fingerprint density at radius 2 is 1.50 bits per heavy atom. The quantitative estimate of drug-likeness (QED) is 0.187. The Labute approximate surface area is 271 Å². The lowest BCUT2D eigenvalue weighted by Gasteiger charge is -2.34. The number of carbonyl (C=O) groups is 2. The van der Waals surface area contributed by atoms with E-state index in [-0.39, 0.29) is 35.2 Å². The number of aryl methyl sites for hydroxylation is 1. The minimum atomic E-state index is -4.29. The molecule has 46 heavy (non-hydrogen) atoms. The second-order valence-corrected chi connectivity index (χ2v) is 12.7. The second kappa shape index (κ2) is 15.9. The summed E-state index contributed by atoms with van der Waals surface area (Å²) in [6.45, 7) is 3.83. The third kappa shape index (κ3) is 8.45. The highest BCUT2D eigenvalue weighted by atomic mass is 32.2. The van der Waals surface area contributed by atoms with Crippen LogP contribution in [0.5, 0.6) is 11.5 Å². The molecule has 4 rings (SSSR count). The van der Waals surface area contributed by atoms with Gasteiger partial charge in [0.15, 0.2) is 0 Å². The average molecular weight is 644 g/mol. The van der Waals surface area contributed by atoms with Gasteiger partial charge in [-0.15, -0.1) is 0 Å². The van der Waals surface area contributed by atoms with Crippen LogP contribution in [0.15, 0.2) is 108 Å². The molecule has 0 aliphatic rings. The molecule has 1 unspecified atom stereocenters. The molecule has 0 aliphatic carbocycles. The topological polar surface area (TPSA) is 105 Å². The summed E-state index contributed by atoms with van der Waals surface area (Å²) in [4.78, 5) is 29.9. The fraction of sp³-hybridized carbons (Fsp3) is 0.278. The van der Waals surface area contributed by atoms with Crippen molar-refractivity contribution >= 4 is 27.5 Å². The minimum Gasteiger partial charge on any atom is -0.497 e. The predicted octanol–water partition coefficient (Wildman–Crippen LogP) is 5.37. The Balaban J connectivity index is 1.85. The van der Waals surface area contributed by atoms with Crippen molar-refractivity contribution in [2.75, 3.05) is 31.6 Å². The highest BCUT2D eigenvalue weighted by Gasteiger charge is 2.35. The highest BCUT2D eigenvalue weighted by molar-refractivity contribution is 7.92. The van der Waals surface area contributed by atoms with Crippen LogP contribution < -0.4 is 19.1 Å². The van der Waals surface area contributed by atoms with E-state index in [1.165, 1.54) is 37.3 Å². The van der Waals surface area contributed by atoms with Crippen LogP contribution in [0, 0.1) is 6.92 Å². The molecule has 0 heterocycles. The molecular formula is C36H41N3O6S. The van der Waals surface area contributed by atoms with Crippen molar-refractivity contribution in [3.63, 3.8) is 0 Å². The molecule has 0 aliphatic heterocycles. The fourth-order valence-corrected chi connectivity index (χ4v) is 6.59. The number of nitrogens with zero attached hydrogens (tertiary/aromatic N) is 2. The van der Waals surface area contributed by atoms with E-state index in [0.29, 0.717) is 18.7 Å². The lowest BCUT2D eigenvalue weighted by atomic mass is 10.0. The zero-order chi connectivity index (χ0) is 33.1. The smallest absolute Gasteiger partial charge is 0.264 e. The Morgan fingerprint density at radius 1 is 0.826 bits per heavy atom. The van der Waals surface area contributed by atoms with Gasteiger partial charge in [0.1, 0.15) is 24.1 Å². The van der Waals surface area contributed by atoms with Gasteiger partial charge >= 0.3 is 0 Å². The summed E-state index contributed by atoms with van der Waals surface area (Å²) in [5.41, 5.74) is 2.80. The third-order valence-corrected chi connectivity index (χ3v) is 9.29. The zero-order valence-electron chi connectivity index (χ0n) is 26.7. The molecule has 1 atom stereocenters. The number of hydrogen-bond acceptors (Lipinski definition) is 6. The van der Waals surface area contributed by atoms with Crippen LogP contribution in [0.25, 0.3) is 0 Å². The van der Waals surface area contributed by atoms with Gasteiger partial charge in [0, 0.05) is 25.6 Å². The van der Waals surface area contributed by atoms with Crippen molar-refractivity contribution in [1.82, 2.24) is 10.2 Å². The molecule has 1 N–H and O–H groups in total. The summed E-state index contributed by atoms with van der Waals surface area (Å²) in [5, 5.41) is 2.96. The van der Waals surface area contributed by atoms with E-state index in [1.54, 1.807) is 30.3 Å². The van der Waals surface area contributed by atoms with E-state index < -0.39 is 28.5 Å². The molecule has 2 amide bonds. The van der Waals surface area contributed by atoms with Crippen LogP contribution >= 0.6 is 0 Å². The molecule has 0 spiro atoms. The third-order valence-electron chi connectivity index (χ3n) is 7.52. The van der Waals surface area contributed by atoms with Gasteiger partial charge in [-0.1, -0.05) is 85.3 Å². The number of nitrogens with one attached hydrogen (secondary N) is 1. The monoisotopic (exact) mass is 643 g/mol. The molecule has 0 fully saturated rings. The lowest BCUT2D eigenvalue weighted by molar-refractivity contribution is -0.140. The molecule has 9 nitrogen and oxygen atoms in total. The zero-order valence-corrected chi connectivity index (χ0v) is 27.5. The van der Waals surface area contributed by atoms with Gasteiger partial charge in [0.05, 0.1) is 24.8 Å². The SMILES string of the molecule is CCCNC(=O)C(Cc1ccccc1)N(Cc1cccc(C)c1)C(=O)CN(c1cc(OC)ccc1OC)S(=O)(=O)c1ccccc1. The number of sulfonamides is 1. The maximum atomic E-state index is 14.6. The van der Waals surface area contributed by atoms with Crippen LogP contribution in [0.4, 0.5) is 5.69 Å². The van der Waals surface area contributed by atoms with Gasteiger partial charge in [-0.25, -0.2) is 8.42 Å². The van der Waals surface area contributed by atoms with Crippen LogP contribution in [0.1, 0.15) is 30.0 Å². The molecule has 4 aromatic carbocycles. The Hall–Kier alpha value is -4.83. The first-order chi connectivity index (χ1) is 22.2. The molecule has 4 aromatic rings. The van der Waals surface area contributed by atoms with E-state index in [2.05, 4.69) is 5.32 Å². The number of ether oxygens (including phenoxy) is 2. The van der Waals surface area contributed by atoms with Crippen molar-refractivity contribution in [3.05, 3.63) is 120 Å². The number of benzene rings is 4. The van der Waals surface area contributed by atoms with Gasteiger partial charge in [0.2, 0.25) is 11.8 Å². The fourth-order valence-electron chi connectivity index (χ4n) is 5.15. The van der Waals surface area contributed by atoms with Gasteiger partial charge < -0.3 is 19.7 Å². The van der Waals surface area contributed by atoms with Crippen molar-refractivity contribution in [1.29, 1.82) is 0 Å². The first-order valence-corrected chi connectivity index (χ1v) is 16.6. The van der Waals surface area contributed by atoms with E-state index in [0.717, 1.165) is 21.0 Å². The number of carbonyl (C=O) groups excluding carboxylic acids is 2. The van der Waals surface area contributed by atoms with Crippen molar-refractivity contribution < 1.29 is 27.5 Å². The number of methoxy groups -OCH3 is 2. The molecule has 10 heteroatoms.